The van der Waals surface area contributed by atoms with Gasteiger partial charge in [-0.3, -0.25) is 9.78 Å². The Morgan fingerprint density at radius 3 is 2.55 bits per heavy atom. The smallest absolute Gasteiger partial charge is 0.241 e. The average molecular weight is 446 g/mol. The van der Waals surface area contributed by atoms with Gasteiger partial charge in [-0.25, -0.2) is 21.9 Å². The molecule has 0 saturated carbocycles. The number of carbonyl (C=O) groups excluding carboxylic acids is 1. The quantitative estimate of drug-likeness (QED) is 0.650. The number of hydrogen-bond donors (Lipinski definition) is 1. The summed E-state index contributed by atoms with van der Waals surface area (Å²) >= 11 is 0. The van der Waals surface area contributed by atoms with Gasteiger partial charge in [0, 0.05) is 61.1 Å². The minimum Gasteiger partial charge on any atom is -0.368 e. The number of halogens is 2. The van der Waals surface area contributed by atoms with E-state index >= 15 is 0 Å². The minimum atomic E-state index is -3.90. The van der Waals surface area contributed by atoms with Gasteiger partial charge in [-0.2, -0.15) is 0 Å². The first kappa shape index (κ1) is 21.1. The van der Waals surface area contributed by atoms with Gasteiger partial charge in [0.15, 0.2) is 11.6 Å². The Kier molecular flexibility index (Phi) is 5.84. The van der Waals surface area contributed by atoms with Crippen LogP contribution in [0.2, 0.25) is 0 Å². The van der Waals surface area contributed by atoms with Crippen LogP contribution in [0.3, 0.4) is 0 Å². The fourth-order valence-corrected chi connectivity index (χ4v) is 4.77. The zero-order valence-corrected chi connectivity index (χ0v) is 17.3. The van der Waals surface area contributed by atoms with Gasteiger partial charge in [-0.05, 0) is 24.3 Å². The van der Waals surface area contributed by atoms with Crippen molar-refractivity contribution in [1.82, 2.24) is 14.6 Å². The van der Waals surface area contributed by atoms with Gasteiger partial charge < -0.3 is 9.80 Å². The predicted molar refractivity (Wildman–Crippen MR) is 112 cm³/mol. The van der Waals surface area contributed by atoms with E-state index < -0.39 is 21.7 Å². The van der Waals surface area contributed by atoms with Gasteiger partial charge in [0.25, 0.3) is 0 Å². The minimum absolute atomic E-state index is 0.0864. The molecule has 3 aromatic rings. The van der Waals surface area contributed by atoms with Crippen LogP contribution in [0.5, 0.6) is 0 Å². The monoisotopic (exact) mass is 446 g/mol. The van der Waals surface area contributed by atoms with Gasteiger partial charge in [-0.15, -0.1) is 0 Å². The van der Waals surface area contributed by atoms with Gasteiger partial charge in [0.1, 0.15) is 0 Å². The second kappa shape index (κ2) is 8.56. The summed E-state index contributed by atoms with van der Waals surface area (Å²) in [4.78, 5) is 20.0. The van der Waals surface area contributed by atoms with Crippen LogP contribution in [-0.2, 0) is 14.8 Å². The van der Waals surface area contributed by atoms with Crippen molar-refractivity contribution in [3.05, 3.63) is 66.5 Å². The lowest BCUT2D eigenvalue weighted by Gasteiger charge is -2.36. The van der Waals surface area contributed by atoms with Crippen molar-refractivity contribution in [2.24, 2.45) is 0 Å². The van der Waals surface area contributed by atoms with Crippen LogP contribution in [0.1, 0.15) is 0 Å². The third kappa shape index (κ3) is 4.49. The number of nitrogens with zero attached hydrogens (tertiary/aromatic N) is 3. The van der Waals surface area contributed by atoms with Crippen molar-refractivity contribution in [3.8, 4) is 0 Å². The predicted octanol–water partition coefficient (Wildman–Crippen LogP) is 2.14. The Morgan fingerprint density at radius 2 is 1.81 bits per heavy atom. The van der Waals surface area contributed by atoms with E-state index in [0.29, 0.717) is 42.6 Å². The molecule has 1 aliphatic rings. The molecule has 4 rings (SSSR count). The molecule has 0 atom stereocenters. The number of amides is 1. The number of benzene rings is 2. The highest BCUT2D eigenvalue weighted by Gasteiger charge is 2.24. The van der Waals surface area contributed by atoms with Crippen molar-refractivity contribution >= 4 is 32.4 Å². The third-order valence-electron chi connectivity index (χ3n) is 5.24. The molecule has 31 heavy (non-hydrogen) atoms. The van der Waals surface area contributed by atoms with E-state index in [1.165, 1.54) is 18.3 Å². The fourth-order valence-electron chi connectivity index (χ4n) is 3.57. The van der Waals surface area contributed by atoms with Gasteiger partial charge >= 0.3 is 0 Å². The second-order valence-corrected chi connectivity index (χ2v) is 8.88. The number of piperazine rings is 1. The Labute approximate surface area is 178 Å². The highest BCUT2D eigenvalue weighted by atomic mass is 32.2. The molecule has 10 heteroatoms. The summed E-state index contributed by atoms with van der Waals surface area (Å²) in [5.74, 6) is -2.18. The van der Waals surface area contributed by atoms with Gasteiger partial charge in [0.05, 0.1) is 11.4 Å². The molecule has 0 unspecified atom stereocenters. The molecular formula is C21H20F2N4O3S. The molecule has 0 bridgehead atoms. The molecule has 1 N–H and O–H groups in total. The third-order valence-corrected chi connectivity index (χ3v) is 6.70. The first-order valence-electron chi connectivity index (χ1n) is 9.65. The lowest BCUT2D eigenvalue weighted by atomic mass is 10.2. The van der Waals surface area contributed by atoms with Crippen LogP contribution in [0, 0.1) is 11.6 Å². The van der Waals surface area contributed by atoms with Crippen LogP contribution in [-0.4, -0.2) is 56.9 Å². The molecule has 1 saturated heterocycles. The van der Waals surface area contributed by atoms with Crippen LogP contribution in [0.25, 0.3) is 10.8 Å². The Morgan fingerprint density at radius 1 is 1.03 bits per heavy atom. The summed E-state index contributed by atoms with van der Waals surface area (Å²) in [6, 6.07) is 10.2. The highest BCUT2D eigenvalue weighted by Crippen LogP contribution is 2.22. The normalized spacial score (nSPS) is 14.8. The van der Waals surface area contributed by atoms with E-state index in [0.717, 1.165) is 12.1 Å². The summed E-state index contributed by atoms with van der Waals surface area (Å²) in [7, 11) is -3.90. The standard InChI is InChI=1S/C21H20F2N4O3S/c22-18-5-4-16(12-19(18)23)26-8-10-27(11-9-26)21(28)14-25-31(29,30)20-3-1-2-15-13-24-7-6-17(15)20/h1-7,12-13,25H,8-11,14H2. The number of sulfonamides is 1. The molecule has 1 aromatic heterocycles. The topological polar surface area (TPSA) is 82.6 Å². The Balaban J connectivity index is 1.37. The molecule has 1 aliphatic heterocycles. The fraction of sp³-hybridized carbons (Fsp3) is 0.238. The molecular weight excluding hydrogens is 426 g/mol. The molecule has 7 nitrogen and oxygen atoms in total. The molecule has 162 valence electrons. The summed E-state index contributed by atoms with van der Waals surface area (Å²) in [6.45, 7) is 1.19. The summed E-state index contributed by atoms with van der Waals surface area (Å²) in [5.41, 5.74) is 0.539. The molecule has 0 radical (unpaired) electrons. The van der Waals surface area contributed by atoms with Crippen LogP contribution < -0.4 is 9.62 Å². The van der Waals surface area contributed by atoms with Crippen molar-refractivity contribution in [1.29, 1.82) is 0 Å². The van der Waals surface area contributed by atoms with Crippen LogP contribution in [0.4, 0.5) is 14.5 Å². The number of anilines is 1. The molecule has 0 spiro atoms. The number of rotatable bonds is 5. The van der Waals surface area contributed by atoms with Gasteiger partial charge in [-0.1, -0.05) is 12.1 Å². The number of hydrogen-bond acceptors (Lipinski definition) is 5. The molecule has 2 aromatic carbocycles. The maximum absolute atomic E-state index is 13.5. The number of aromatic nitrogens is 1. The average Bonchev–Trinajstić information content (AvgIpc) is 2.79. The SMILES string of the molecule is O=C(CNS(=O)(=O)c1cccc2cnccc12)N1CCN(c2ccc(F)c(F)c2)CC1. The Hall–Kier alpha value is -3.11. The maximum Gasteiger partial charge on any atom is 0.241 e. The van der Waals surface area contributed by atoms with Crippen LogP contribution in [0.15, 0.2) is 59.8 Å². The van der Waals surface area contributed by atoms with E-state index in [2.05, 4.69) is 9.71 Å². The summed E-state index contributed by atoms with van der Waals surface area (Å²) < 4.78 is 54.5. The van der Waals surface area contributed by atoms with E-state index in [1.807, 2.05) is 4.90 Å². The first-order chi connectivity index (χ1) is 14.8. The lowest BCUT2D eigenvalue weighted by molar-refractivity contribution is -0.130. The van der Waals surface area contributed by atoms with Crippen molar-refractivity contribution in [2.45, 2.75) is 4.90 Å². The van der Waals surface area contributed by atoms with Crippen molar-refractivity contribution in [2.75, 3.05) is 37.6 Å². The van der Waals surface area contributed by atoms with E-state index in [-0.39, 0.29) is 17.3 Å². The number of fused-ring (bicyclic) bond motifs is 1. The zero-order chi connectivity index (χ0) is 22.0. The maximum atomic E-state index is 13.5. The molecule has 1 fully saturated rings. The van der Waals surface area contributed by atoms with Crippen LogP contribution >= 0.6 is 0 Å². The first-order valence-corrected chi connectivity index (χ1v) is 11.1. The zero-order valence-electron chi connectivity index (χ0n) is 16.5. The largest absolute Gasteiger partial charge is 0.368 e. The second-order valence-electron chi connectivity index (χ2n) is 7.14. The molecule has 1 amide bonds. The lowest BCUT2D eigenvalue weighted by Crippen LogP contribution is -2.51. The van der Waals surface area contributed by atoms with Gasteiger partial charge in [0.2, 0.25) is 15.9 Å². The number of nitrogens with one attached hydrogen (secondary N) is 1. The highest BCUT2D eigenvalue weighted by molar-refractivity contribution is 7.89. The molecule has 0 aliphatic carbocycles. The van der Waals surface area contributed by atoms with Crippen molar-refractivity contribution < 1.29 is 22.0 Å². The molecule has 2 heterocycles. The van der Waals surface area contributed by atoms with E-state index in [4.69, 9.17) is 0 Å². The van der Waals surface area contributed by atoms with E-state index in [1.54, 1.807) is 29.3 Å². The Bertz CT molecular complexity index is 1220. The van der Waals surface area contributed by atoms with Crippen molar-refractivity contribution in [3.63, 3.8) is 0 Å². The number of carbonyl (C=O) groups is 1. The number of pyridine rings is 1. The summed E-state index contributed by atoms with van der Waals surface area (Å²) in [5, 5.41) is 1.21. The summed E-state index contributed by atoms with van der Waals surface area (Å²) in [6.07, 6.45) is 3.09. The van der Waals surface area contributed by atoms with E-state index in [9.17, 15) is 22.0 Å².